The summed E-state index contributed by atoms with van der Waals surface area (Å²) in [6, 6.07) is 22.9. The molecule has 1 aliphatic rings. The van der Waals surface area contributed by atoms with Gasteiger partial charge in [-0.25, -0.2) is 0 Å². The molecule has 1 fully saturated rings. The van der Waals surface area contributed by atoms with Crippen LogP contribution >= 0.6 is 0 Å². The lowest BCUT2D eigenvalue weighted by molar-refractivity contribution is 0.251. The fraction of sp³-hybridized carbons (Fsp3) is 0.261. The van der Waals surface area contributed by atoms with E-state index >= 15 is 0 Å². The minimum atomic E-state index is 0.878. The number of nitrogens with zero attached hydrogens (tertiary/aromatic N) is 3. The Bertz CT molecular complexity index is 850. The average Bonchev–Trinajstić information content (AvgIpc) is 3.20. The van der Waals surface area contributed by atoms with Crippen LogP contribution in [0, 0.1) is 0 Å². The second-order valence-corrected chi connectivity index (χ2v) is 6.88. The molecule has 138 valence electrons. The van der Waals surface area contributed by atoms with Crippen molar-refractivity contribution in [2.75, 3.05) is 37.6 Å². The van der Waals surface area contributed by atoms with Gasteiger partial charge in [0.05, 0.1) is 0 Å². The molecular formula is C23H25N3O. The number of hydrogen-bond donors (Lipinski definition) is 0. The van der Waals surface area contributed by atoms with Gasteiger partial charge in [-0.1, -0.05) is 59.8 Å². The van der Waals surface area contributed by atoms with Crippen LogP contribution in [0.5, 0.6) is 0 Å². The van der Waals surface area contributed by atoms with E-state index in [2.05, 4.69) is 63.5 Å². The van der Waals surface area contributed by atoms with Crippen LogP contribution in [-0.4, -0.2) is 42.8 Å². The maximum absolute atomic E-state index is 5.50. The van der Waals surface area contributed by atoms with E-state index in [-0.39, 0.29) is 0 Å². The van der Waals surface area contributed by atoms with E-state index in [0.29, 0.717) is 0 Å². The molecular weight excluding hydrogens is 334 g/mol. The maximum atomic E-state index is 5.50. The smallest absolute Gasteiger partial charge is 0.138 e. The molecule has 0 amide bonds. The lowest BCUT2D eigenvalue weighted by Gasteiger charge is -2.36. The topological polar surface area (TPSA) is 32.5 Å². The highest BCUT2D eigenvalue weighted by Gasteiger charge is 2.17. The van der Waals surface area contributed by atoms with E-state index in [9.17, 15) is 0 Å². The zero-order chi connectivity index (χ0) is 18.3. The maximum Gasteiger partial charge on any atom is 0.138 e. The molecule has 0 radical (unpaired) electrons. The first kappa shape index (κ1) is 17.6. The zero-order valence-corrected chi connectivity index (χ0v) is 15.5. The van der Waals surface area contributed by atoms with Crippen molar-refractivity contribution in [2.45, 2.75) is 6.42 Å². The Hall–Kier alpha value is -2.85. The van der Waals surface area contributed by atoms with Gasteiger partial charge in [0.2, 0.25) is 0 Å². The highest BCUT2D eigenvalue weighted by atomic mass is 16.5. The molecule has 4 rings (SSSR count). The van der Waals surface area contributed by atoms with Crippen LogP contribution in [0.1, 0.15) is 17.0 Å². The molecule has 0 spiro atoms. The minimum absolute atomic E-state index is 0.878. The molecule has 1 aliphatic heterocycles. The molecule has 0 bridgehead atoms. The van der Waals surface area contributed by atoms with Crippen molar-refractivity contribution in [1.82, 2.24) is 10.1 Å². The van der Waals surface area contributed by atoms with E-state index in [1.807, 2.05) is 30.3 Å². The molecule has 0 atom stereocenters. The third kappa shape index (κ3) is 4.86. The molecule has 3 aromatic rings. The highest BCUT2D eigenvalue weighted by Crippen LogP contribution is 2.16. The minimum Gasteiger partial charge on any atom is -0.369 e. The van der Waals surface area contributed by atoms with Crippen LogP contribution in [0.4, 0.5) is 5.69 Å². The van der Waals surface area contributed by atoms with E-state index in [0.717, 1.165) is 50.6 Å². The summed E-state index contributed by atoms with van der Waals surface area (Å²) in [7, 11) is 0. The quantitative estimate of drug-likeness (QED) is 0.660. The number of rotatable bonds is 6. The SMILES string of the molecule is C(=Cc1cc(CCN2CCN(c3ccccc3)CC2)on1)c1ccccc1. The van der Waals surface area contributed by atoms with E-state index in [4.69, 9.17) is 4.52 Å². The van der Waals surface area contributed by atoms with E-state index in [1.54, 1.807) is 0 Å². The monoisotopic (exact) mass is 359 g/mol. The predicted octanol–water partition coefficient (Wildman–Crippen LogP) is 4.21. The number of para-hydroxylation sites is 1. The molecule has 1 saturated heterocycles. The second kappa shape index (κ2) is 8.69. The Labute approximate surface area is 160 Å². The summed E-state index contributed by atoms with van der Waals surface area (Å²) in [5, 5.41) is 4.16. The molecule has 0 N–H and O–H groups in total. The molecule has 2 heterocycles. The van der Waals surface area contributed by atoms with Crippen molar-refractivity contribution in [3.05, 3.63) is 83.7 Å². The van der Waals surface area contributed by atoms with Crippen LogP contribution in [-0.2, 0) is 6.42 Å². The first-order valence-corrected chi connectivity index (χ1v) is 9.58. The van der Waals surface area contributed by atoms with Crippen LogP contribution < -0.4 is 4.90 Å². The van der Waals surface area contributed by atoms with Crippen molar-refractivity contribution >= 4 is 17.8 Å². The number of aromatic nitrogens is 1. The van der Waals surface area contributed by atoms with Gasteiger partial charge in [-0.2, -0.15) is 0 Å². The van der Waals surface area contributed by atoms with E-state index in [1.165, 1.54) is 11.3 Å². The van der Waals surface area contributed by atoms with Gasteiger partial charge in [-0.3, -0.25) is 4.90 Å². The first-order chi connectivity index (χ1) is 13.4. The van der Waals surface area contributed by atoms with Gasteiger partial charge in [0.1, 0.15) is 11.5 Å². The number of hydrogen-bond acceptors (Lipinski definition) is 4. The fourth-order valence-electron chi connectivity index (χ4n) is 3.41. The molecule has 2 aromatic carbocycles. The number of benzene rings is 2. The fourth-order valence-corrected chi connectivity index (χ4v) is 3.41. The molecule has 27 heavy (non-hydrogen) atoms. The van der Waals surface area contributed by atoms with Gasteiger partial charge in [0.25, 0.3) is 0 Å². The molecule has 1 aromatic heterocycles. The third-order valence-electron chi connectivity index (χ3n) is 4.99. The summed E-state index contributed by atoms with van der Waals surface area (Å²) >= 11 is 0. The van der Waals surface area contributed by atoms with Gasteiger partial charge >= 0.3 is 0 Å². The van der Waals surface area contributed by atoms with Crippen molar-refractivity contribution in [1.29, 1.82) is 0 Å². The lowest BCUT2D eigenvalue weighted by atomic mass is 10.2. The van der Waals surface area contributed by atoms with Crippen molar-refractivity contribution in [3.63, 3.8) is 0 Å². The predicted molar refractivity (Wildman–Crippen MR) is 111 cm³/mol. The van der Waals surface area contributed by atoms with E-state index < -0.39 is 0 Å². The Morgan fingerprint density at radius 1 is 0.852 bits per heavy atom. The lowest BCUT2D eigenvalue weighted by Crippen LogP contribution is -2.46. The Kier molecular flexibility index (Phi) is 5.65. The largest absolute Gasteiger partial charge is 0.369 e. The Balaban J connectivity index is 1.24. The summed E-state index contributed by atoms with van der Waals surface area (Å²) in [6.07, 6.45) is 4.96. The summed E-state index contributed by atoms with van der Waals surface area (Å²) in [5.41, 5.74) is 3.36. The van der Waals surface area contributed by atoms with Crippen LogP contribution in [0.2, 0.25) is 0 Å². The number of piperazine rings is 1. The first-order valence-electron chi connectivity index (χ1n) is 9.58. The average molecular weight is 359 g/mol. The second-order valence-electron chi connectivity index (χ2n) is 6.88. The van der Waals surface area contributed by atoms with Gasteiger partial charge in [0, 0.05) is 50.9 Å². The van der Waals surface area contributed by atoms with Gasteiger partial charge in [-0.15, -0.1) is 0 Å². The van der Waals surface area contributed by atoms with Gasteiger partial charge in [0.15, 0.2) is 0 Å². The van der Waals surface area contributed by atoms with Crippen LogP contribution in [0.15, 0.2) is 71.3 Å². The van der Waals surface area contributed by atoms with Crippen LogP contribution in [0.3, 0.4) is 0 Å². The summed E-state index contributed by atoms with van der Waals surface area (Å²) < 4.78 is 5.50. The Morgan fingerprint density at radius 2 is 1.56 bits per heavy atom. The van der Waals surface area contributed by atoms with Crippen molar-refractivity contribution < 1.29 is 4.52 Å². The zero-order valence-electron chi connectivity index (χ0n) is 15.5. The summed E-state index contributed by atoms with van der Waals surface area (Å²) in [5.74, 6) is 0.952. The van der Waals surface area contributed by atoms with Gasteiger partial charge in [-0.05, 0) is 23.8 Å². The summed E-state index contributed by atoms with van der Waals surface area (Å²) in [4.78, 5) is 4.96. The molecule has 0 unspecified atom stereocenters. The molecule has 4 heteroatoms. The highest BCUT2D eigenvalue weighted by molar-refractivity contribution is 5.67. The third-order valence-corrected chi connectivity index (χ3v) is 4.99. The number of anilines is 1. The summed E-state index contributed by atoms with van der Waals surface area (Å²) in [6.45, 7) is 5.34. The molecule has 4 nitrogen and oxygen atoms in total. The normalized spacial score (nSPS) is 15.5. The molecule has 0 saturated carbocycles. The standard InChI is InChI=1S/C23H25N3O/c1-3-7-20(8-4-1)11-12-21-19-23(27-24-21)13-14-25-15-17-26(18-16-25)22-9-5-2-6-10-22/h1-12,19H,13-18H2. The Morgan fingerprint density at radius 3 is 2.30 bits per heavy atom. The van der Waals surface area contributed by atoms with Crippen molar-refractivity contribution in [3.8, 4) is 0 Å². The van der Waals surface area contributed by atoms with Crippen LogP contribution in [0.25, 0.3) is 12.2 Å². The van der Waals surface area contributed by atoms with Gasteiger partial charge < -0.3 is 9.42 Å². The van der Waals surface area contributed by atoms with Crippen molar-refractivity contribution in [2.24, 2.45) is 0 Å². The molecule has 0 aliphatic carbocycles.